The number of rotatable bonds is 6. The first-order valence-corrected chi connectivity index (χ1v) is 8.51. The average Bonchev–Trinajstić information content (AvgIpc) is 2.53. The zero-order valence-corrected chi connectivity index (χ0v) is 12.5. The minimum Gasteiger partial charge on any atom is -0.198 e. The summed E-state index contributed by atoms with van der Waals surface area (Å²) in [4.78, 5) is 0. The van der Waals surface area contributed by atoms with Crippen molar-refractivity contribution in [1.29, 1.82) is 5.26 Å². The van der Waals surface area contributed by atoms with Gasteiger partial charge in [0, 0.05) is 6.42 Å². The van der Waals surface area contributed by atoms with Gasteiger partial charge in [-0.25, -0.2) is 0 Å². The Morgan fingerprint density at radius 3 is 1.95 bits per heavy atom. The molecule has 2 heteroatoms. The van der Waals surface area contributed by atoms with Gasteiger partial charge in [-0.3, -0.25) is 0 Å². The van der Waals surface area contributed by atoms with E-state index >= 15 is 0 Å². The van der Waals surface area contributed by atoms with Crippen molar-refractivity contribution in [3.63, 3.8) is 0 Å². The predicted octanol–water partition coefficient (Wildman–Crippen LogP) is 3.08. The van der Waals surface area contributed by atoms with Crippen molar-refractivity contribution >= 4 is 19.2 Å². The van der Waals surface area contributed by atoms with Crippen LogP contribution < -0.4 is 10.4 Å². The molecule has 2 aromatic rings. The van der Waals surface area contributed by atoms with Crippen LogP contribution in [0.5, 0.6) is 0 Å². The molecule has 99 valence electrons. The van der Waals surface area contributed by atoms with Crippen molar-refractivity contribution < 1.29 is 0 Å². The second-order valence-electron chi connectivity index (χ2n) is 4.60. The summed E-state index contributed by atoms with van der Waals surface area (Å²) >= 11 is 0. The SMILES string of the molecule is N#CCCC/C=C\[Si](c1ccccc1)c1ccccc1. The molecular weight excluding hydrogens is 258 g/mol. The van der Waals surface area contributed by atoms with Gasteiger partial charge >= 0.3 is 0 Å². The summed E-state index contributed by atoms with van der Waals surface area (Å²) in [7, 11) is -0.850. The quantitative estimate of drug-likeness (QED) is 0.587. The molecule has 0 saturated heterocycles. The molecule has 0 aliphatic carbocycles. The number of unbranched alkanes of at least 4 members (excludes halogenated alkanes) is 2. The Balaban J connectivity index is 2.16. The highest BCUT2D eigenvalue weighted by molar-refractivity contribution is 6.89. The highest BCUT2D eigenvalue weighted by atomic mass is 28.3. The Hall–Kier alpha value is -2.11. The highest BCUT2D eigenvalue weighted by Gasteiger charge is 2.12. The molecule has 0 bridgehead atoms. The highest BCUT2D eigenvalue weighted by Crippen LogP contribution is 1.99. The molecule has 20 heavy (non-hydrogen) atoms. The van der Waals surface area contributed by atoms with Crippen LogP contribution in [0.15, 0.2) is 72.4 Å². The molecule has 0 heterocycles. The van der Waals surface area contributed by atoms with Gasteiger partial charge in [0.2, 0.25) is 0 Å². The van der Waals surface area contributed by atoms with Crippen molar-refractivity contribution in [3.8, 4) is 6.07 Å². The summed E-state index contributed by atoms with van der Waals surface area (Å²) in [5.74, 6) is 0. The lowest BCUT2D eigenvalue weighted by Gasteiger charge is -2.11. The zero-order chi connectivity index (χ0) is 14.0. The summed E-state index contributed by atoms with van der Waals surface area (Å²) < 4.78 is 0. The van der Waals surface area contributed by atoms with Gasteiger partial charge in [0.15, 0.2) is 0 Å². The number of nitrogens with zero attached hydrogens (tertiary/aromatic N) is 1. The first-order valence-electron chi connectivity index (χ1n) is 6.93. The van der Waals surface area contributed by atoms with Gasteiger partial charge in [0.1, 0.15) is 8.80 Å². The van der Waals surface area contributed by atoms with E-state index in [4.69, 9.17) is 5.26 Å². The summed E-state index contributed by atoms with van der Waals surface area (Å²) in [5.41, 5.74) is 2.35. The molecule has 1 nitrogen and oxygen atoms in total. The standard InChI is InChI=1S/C18H18NSi/c19-15-9-1-2-10-16-20(17-11-5-3-6-12-17)18-13-7-4-8-14-18/h3-8,10-14,16H,1-2,9H2/b16-10-. The Bertz CT molecular complexity index is 530. The summed E-state index contributed by atoms with van der Waals surface area (Å²) in [6.07, 6.45) is 4.82. The van der Waals surface area contributed by atoms with E-state index in [2.05, 4.69) is 78.5 Å². The zero-order valence-electron chi connectivity index (χ0n) is 11.5. The van der Waals surface area contributed by atoms with Crippen LogP contribution in [0.25, 0.3) is 0 Å². The number of benzene rings is 2. The molecule has 0 amide bonds. The minimum absolute atomic E-state index is 0.642. The third-order valence-corrected chi connectivity index (χ3v) is 5.59. The van der Waals surface area contributed by atoms with Gasteiger partial charge in [-0.1, -0.05) is 82.8 Å². The lowest BCUT2D eigenvalue weighted by atomic mass is 10.2. The maximum absolute atomic E-state index is 8.56. The predicted molar refractivity (Wildman–Crippen MR) is 86.5 cm³/mol. The van der Waals surface area contributed by atoms with Crippen LogP contribution in [0.1, 0.15) is 19.3 Å². The van der Waals surface area contributed by atoms with Crippen molar-refractivity contribution in [1.82, 2.24) is 0 Å². The second-order valence-corrected chi connectivity index (χ2v) is 6.91. The van der Waals surface area contributed by atoms with Crippen LogP contribution in [0.4, 0.5) is 0 Å². The van der Waals surface area contributed by atoms with E-state index in [0.717, 1.165) is 12.8 Å². The molecule has 0 atom stereocenters. The Labute approximate surface area is 122 Å². The first kappa shape index (κ1) is 14.3. The molecule has 1 radical (unpaired) electrons. The Morgan fingerprint density at radius 1 is 0.900 bits per heavy atom. The molecule has 0 fully saturated rings. The number of hydrogen-bond acceptors (Lipinski definition) is 1. The fourth-order valence-electron chi connectivity index (χ4n) is 2.09. The largest absolute Gasteiger partial charge is 0.198 e. The maximum Gasteiger partial charge on any atom is 0.146 e. The molecule has 0 aromatic heterocycles. The minimum atomic E-state index is -0.850. The van der Waals surface area contributed by atoms with Crippen LogP contribution in [-0.2, 0) is 0 Å². The van der Waals surface area contributed by atoms with Gasteiger partial charge in [0.05, 0.1) is 6.07 Å². The van der Waals surface area contributed by atoms with Crippen LogP contribution in [0.3, 0.4) is 0 Å². The van der Waals surface area contributed by atoms with E-state index in [0.29, 0.717) is 6.42 Å². The van der Waals surface area contributed by atoms with Crippen molar-refractivity contribution in [3.05, 3.63) is 72.4 Å². The Kier molecular flexibility index (Phi) is 5.82. The summed E-state index contributed by atoms with van der Waals surface area (Å²) in [5, 5.41) is 11.4. The fourth-order valence-corrected chi connectivity index (χ4v) is 4.32. The molecule has 0 spiro atoms. The van der Waals surface area contributed by atoms with E-state index in [1.807, 2.05) is 0 Å². The first-order chi connectivity index (χ1) is 9.92. The lowest BCUT2D eigenvalue weighted by molar-refractivity contribution is 0.877. The maximum atomic E-state index is 8.56. The third-order valence-electron chi connectivity index (χ3n) is 3.11. The van der Waals surface area contributed by atoms with Gasteiger partial charge in [-0.15, -0.1) is 0 Å². The van der Waals surface area contributed by atoms with E-state index < -0.39 is 8.80 Å². The summed E-state index contributed by atoms with van der Waals surface area (Å²) in [6.45, 7) is 0. The molecule has 2 aromatic carbocycles. The molecular formula is C18H18NSi. The van der Waals surface area contributed by atoms with Gasteiger partial charge in [-0.05, 0) is 12.8 Å². The number of allylic oxidation sites excluding steroid dienone is 1. The van der Waals surface area contributed by atoms with Crippen molar-refractivity contribution in [2.24, 2.45) is 0 Å². The molecule has 0 aliphatic rings. The van der Waals surface area contributed by atoms with Crippen LogP contribution in [0, 0.1) is 11.3 Å². The van der Waals surface area contributed by atoms with Gasteiger partial charge in [0.25, 0.3) is 0 Å². The van der Waals surface area contributed by atoms with Gasteiger partial charge in [-0.2, -0.15) is 5.26 Å². The van der Waals surface area contributed by atoms with Crippen LogP contribution >= 0.6 is 0 Å². The molecule has 0 unspecified atom stereocenters. The molecule has 0 N–H and O–H groups in total. The monoisotopic (exact) mass is 276 g/mol. The van der Waals surface area contributed by atoms with Crippen LogP contribution in [0.2, 0.25) is 0 Å². The van der Waals surface area contributed by atoms with Crippen LogP contribution in [-0.4, -0.2) is 8.80 Å². The lowest BCUT2D eigenvalue weighted by Crippen LogP contribution is -2.40. The molecule has 2 rings (SSSR count). The van der Waals surface area contributed by atoms with Gasteiger partial charge < -0.3 is 0 Å². The number of nitriles is 1. The molecule has 0 saturated carbocycles. The number of hydrogen-bond donors (Lipinski definition) is 0. The topological polar surface area (TPSA) is 23.8 Å². The van der Waals surface area contributed by atoms with Crippen molar-refractivity contribution in [2.45, 2.75) is 19.3 Å². The van der Waals surface area contributed by atoms with E-state index in [-0.39, 0.29) is 0 Å². The van der Waals surface area contributed by atoms with Crippen molar-refractivity contribution in [2.75, 3.05) is 0 Å². The molecule has 0 aliphatic heterocycles. The van der Waals surface area contributed by atoms with E-state index in [1.165, 1.54) is 10.4 Å². The normalized spacial score (nSPS) is 10.8. The second kappa shape index (κ2) is 8.14. The Morgan fingerprint density at radius 2 is 1.45 bits per heavy atom. The van der Waals surface area contributed by atoms with E-state index in [9.17, 15) is 0 Å². The average molecular weight is 276 g/mol. The fraction of sp³-hybridized carbons (Fsp3) is 0.167. The third kappa shape index (κ3) is 4.22. The van der Waals surface area contributed by atoms with E-state index in [1.54, 1.807) is 0 Å². The summed E-state index contributed by atoms with van der Waals surface area (Å²) in [6, 6.07) is 23.6. The smallest absolute Gasteiger partial charge is 0.146 e.